The van der Waals surface area contributed by atoms with Gasteiger partial charge in [0.1, 0.15) is 12.1 Å². The van der Waals surface area contributed by atoms with E-state index in [1.165, 1.54) is 19.5 Å². The van der Waals surface area contributed by atoms with Crippen LogP contribution in [0.1, 0.15) is 11.1 Å². The Morgan fingerprint density at radius 2 is 1.95 bits per heavy atom. The zero-order chi connectivity index (χ0) is 15.6. The molecular weight excluding hydrogens is 276 g/mol. The molecule has 0 saturated heterocycles. The average Bonchev–Trinajstić information content (AvgIpc) is 2.41. The van der Waals surface area contributed by atoms with Crippen LogP contribution in [-0.2, 0) is 0 Å². The zero-order valence-electron chi connectivity index (χ0n) is 11.8. The Bertz CT molecular complexity index is 703. The Labute approximate surface area is 120 Å². The lowest BCUT2D eigenvalue weighted by molar-refractivity contribution is -0.385. The molecule has 1 aromatic carbocycles. The maximum absolute atomic E-state index is 11.0. The van der Waals surface area contributed by atoms with Crippen LogP contribution in [0, 0.1) is 24.0 Å². The molecule has 0 bridgehead atoms. The molecule has 0 amide bonds. The number of ether oxygens (including phenoxy) is 2. The van der Waals surface area contributed by atoms with Gasteiger partial charge >= 0.3 is 0 Å². The molecule has 21 heavy (non-hydrogen) atoms. The number of hydrogen-bond acceptors (Lipinski definition) is 7. The minimum atomic E-state index is -0.465. The lowest BCUT2D eigenvalue weighted by Crippen LogP contribution is -2.01. The third-order valence-electron chi connectivity index (χ3n) is 2.90. The molecule has 0 aliphatic carbocycles. The van der Waals surface area contributed by atoms with E-state index in [1.54, 1.807) is 19.9 Å². The summed E-state index contributed by atoms with van der Waals surface area (Å²) in [4.78, 5) is 18.3. The molecule has 110 valence electrons. The van der Waals surface area contributed by atoms with Gasteiger partial charge in [-0.25, -0.2) is 4.98 Å². The normalized spacial score (nSPS) is 10.2. The van der Waals surface area contributed by atoms with Gasteiger partial charge in [0.05, 0.1) is 18.1 Å². The molecule has 0 aliphatic rings. The van der Waals surface area contributed by atoms with Gasteiger partial charge in [-0.15, -0.1) is 0 Å². The van der Waals surface area contributed by atoms with E-state index in [1.807, 2.05) is 0 Å². The van der Waals surface area contributed by atoms with Gasteiger partial charge in [0.15, 0.2) is 5.82 Å². The minimum Gasteiger partial charge on any atom is -0.489 e. The first-order chi connectivity index (χ1) is 9.93. The maximum Gasteiger partial charge on any atom is 0.276 e. The third kappa shape index (κ3) is 2.83. The highest BCUT2D eigenvalue weighted by molar-refractivity contribution is 5.55. The van der Waals surface area contributed by atoms with E-state index in [0.717, 1.165) is 5.56 Å². The molecule has 2 N–H and O–H groups in total. The summed E-state index contributed by atoms with van der Waals surface area (Å²) in [5.41, 5.74) is 6.92. The topological polar surface area (TPSA) is 113 Å². The summed E-state index contributed by atoms with van der Waals surface area (Å²) in [6, 6.07) is 3.02. The van der Waals surface area contributed by atoms with Gasteiger partial charge in [-0.05, 0) is 25.5 Å². The number of benzene rings is 1. The predicted octanol–water partition coefficient (Wildman–Crippen LogP) is 2.38. The minimum absolute atomic E-state index is 0.0309. The van der Waals surface area contributed by atoms with E-state index >= 15 is 0 Å². The highest BCUT2D eigenvalue weighted by Crippen LogP contribution is 2.36. The highest BCUT2D eigenvalue weighted by atomic mass is 16.6. The molecule has 2 aromatic rings. The Hall–Kier alpha value is -2.90. The zero-order valence-corrected chi connectivity index (χ0v) is 11.8. The van der Waals surface area contributed by atoms with Gasteiger partial charge in [0.25, 0.3) is 11.6 Å². The lowest BCUT2D eigenvalue weighted by atomic mass is 10.1. The SMILES string of the molecule is COc1c(N)ncnc1Oc1cc([N+](=O)[O-])c(C)cc1C. The van der Waals surface area contributed by atoms with Crippen molar-refractivity contribution in [3.05, 3.63) is 39.7 Å². The highest BCUT2D eigenvalue weighted by Gasteiger charge is 2.18. The van der Waals surface area contributed by atoms with Crippen LogP contribution in [0.5, 0.6) is 17.4 Å². The molecule has 0 aliphatic heterocycles. The quantitative estimate of drug-likeness (QED) is 0.679. The van der Waals surface area contributed by atoms with E-state index in [4.69, 9.17) is 15.2 Å². The number of aromatic nitrogens is 2. The molecule has 0 unspecified atom stereocenters. The van der Waals surface area contributed by atoms with Crippen molar-refractivity contribution in [2.45, 2.75) is 13.8 Å². The van der Waals surface area contributed by atoms with E-state index in [2.05, 4.69) is 9.97 Å². The van der Waals surface area contributed by atoms with Crippen molar-refractivity contribution in [3.63, 3.8) is 0 Å². The van der Waals surface area contributed by atoms with Gasteiger partial charge in [0, 0.05) is 5.56 Å². The number of nitrogens with two attached hydrogens (primary N) is 1. The summed E-state index contributed by atoms with van der Waals surface area (Å²) in [6.45, 7) is 3.45. The first-order valence-corrected chi connectivity index (χ1v) is 6.02. The van der Waals surface area contributed by atoms with E-state index < -0.39 is 4.92 Å². The molecule has 1 aromatic heterocycles. The summed E-state index contributed by atoms with van der Waals surface area (Å²) < 4.78 is 10.7. The molecule has 8 nitrogen and oxygen atoms in total. The van der Waals surface area contributed by atoms with Crippen LogP contribution in [0.4, 0.5) is 11.5 Å². The number of nitro benzene ring substituents is 1. The molecule has 0 radical (unpaired) electrons. The summed E-state index contributed by atoms with van der Waals surface area (Å²) >= 11 is 0. The molecule has 0 fully saturated rings. The second-order valence-corrected chi connectivity index (χ2v) is 4.36. The standard InChI is InChI=1S/C13H14N4O4/c1-7-4-8(2)10(5-9(7)17(18)19)21-13-11(20-3)12(14)15-6-16-13/h4-6H,1-3H3,(H2,14,15,16). The molecule has 0 spiro atoms. The van der Waals surface area contributed by atoms with E-state index in [9.17, 15) is 10.1 Å². The average molecular weight is 290 g/mol. The van der Waals surface area contributed by atoms with Crippen molar-refractivity contribution >= 4 is 11.5 Å². The van der Waals surface area contributed by atoms with Gasteiger partial charge in [-0.1, -0.05) is 0 Å². The second kappa shape index (κ2) is 5.61. The van der Waals surface area contributed by atoms with Crippen molar-refractivity contribution < 1.29 is 14.4 Å². The van der Waals surface area contributed by atoms with Crippen molar-refractivity contribution in [2.75, 3.05) is 12.8 Å². The van der Waals surface area contributed by atoms with Crippen molar-refractivity contribution in [2.24, 2.45) is 0 Å². The monoisotopic (exact) mass is 290 g/mol. The fourth-order valence-corrected chi connectivity index (χ4v) is 1.87. The molecule has 0 atom stereocenters. The molecule has 8 heteroatoms. The summed E-state index contributed by atoms with van der Waals surface area (Å²) in [7, 11) is 1.41. The number of nitro groups is 1. The van der Waals surface area contributed by atoms with Crippen molar-refractivity contribution in [1.82, 2.24) is 9.97 Å². The molecule has 0 saturated carbocycles. The predicted molar refractivity (Wildman–Crippen MR) is 75.6 cm³/mol. The number of rotatable bonds is 4. The fourth-order valence-electron chi connectivity index (χ4n) is 1.87. The molecule has 2 rings (SSSR count). The van der Waals surface area contributed by atoms with Gasteiger partial charge < -0.3 is 15.2 Å². The Morgan fingerprint density at radius 3 is 2.57 bits per heavy atom. The summed E-state index contributed by atoms with van der Waals surface area (Å²) in [5.74, 6) is 0.719. The summed E-state index contributed by atoms with van der Waals surface area (Å²) in [6.07, 6.45) is 1.23. The van der Waals surface area contributed by atoms with Gasteiger partial charge in [0.2, 0.25) is 5.75 Å². The number of nitrogens with zero attached hydrogens (tertiary/aromatic N) is 3. The van der Waals surface area contributed by atoms with Gasteiger partial charge in [-0.3, -0.25) is 10.1 Å². The van der Waals surface area contributed by atoms with Crippen molar-refractivity contribution in [1.29, 1.82) is 0 Å². The second-order valence-electron chi connectivity index (χ2n) is 4.36. The Morgan fingerprint density at radius 1 is 1.24 bits per heavy atom. The van der Waals surface area contributed by atoms with Crippen LogP contribution >= 0.6 is 0 Å². The number of methoxy groups -OCH3 is 1. The maximum atomic E-state index is 11.0. The lowest BCUT2D eigenvalue weighted by Gasteiger charge is -2.12. The summed E-state index contributed by atoms with van der Waals surface area (Å²) in [5, 5.41) is 11.0. The van der Waals surface area contributed by atoms with Crippen LogP contribution < -0.4 is 15.2 Å². The van der Waals surface area contributed by atoms with Crippen LogP contribution in [-0.4, -0.2) is 22.0 Å². The van der Waals surface area contributed by atoms with E-state index in [-0.39, 0.29) is 23.1 Å². The van der Waals surface area contributed by atoms with Gasteiger partial charge in [-0.2, -0.15) is 4.98 Å². The van der Waals surface area contributed by atoms with Crippen LogP contribution in [0.15, 0.2) is 18.5 Å². The third-order valence-corrected chi connectivity index (χ3v) is 2.90. The number of anilines is 1. The van der Waals surface area contributed by atoms with E-state index in [0.29, 0.717) is 11.3 Å². The Kier molecular flexibility index (Phi) is 3.88. The molecule has 1 heterocycles. The first-order valence-electron chi connectivity index (χ1n) is 6.02. The molecular formula is C13H14N4O4. The van der Waals surface area contributed by atoms with Crippen LogP contribution in [0.25, 0.3) is 0 Å². The number of nitrogen functional groups attached to an aromatic ring is 1. The first kappa shape index (κ1) is 14.5. The number of aryl methyl sites for hydroxylation is 2. The Balaban J connectivity index is 2.47. The largest absolute Gasteiger partial charge is 0.489 e. The van der Waals surface area contributed by atoms with Crippen LogP contribution in [0.2, 0.25) is 0 Å². The van der Waals surface area contributed by atoms with Crippen molar-refractivity contribution in [3.8, 4) is 17.4 Å². The number of hydrogen-bond donors (Lipinski definition) is 1. The van der Waals surface area contributed by atoms with Crippen LogP contribution in [0.3, 0.4) is 0 Å². The smallest absolute Gasteiger partial charge is 0.276 e. The fraction of sp³-hybridized carbons (Fsp3) is 0.231.